The third kappa shape index (κ3) is 2.88. The van der Waals surface area contributed by atoms with Crippen molar-refractivity contribution >= 4 is 22.6 Å². The van der Waals surface area contributed by atoms with Crippen LogP contribution in [0.5, 0.6) is 5.75 Å². The van der Waals surface area contributed by atoms with Crippen molar-refractivity contribution < 1.29 is 19.4 Å². The molecule has 2 aromatic rings. The number of fused-ring (bicyclic) bond motifs is 1. The van der Waals surface area contributed by atoms with Crippen molar-refractivity contribution in [2.75, 3.05) is 0 Å². The van der Waals surface area contributed by atoms with Gasteiger partial charge in [-0.3, -0.25) is 4.79 Å². The van der Waals surface area contributed by atoms with Gasteiger partial charge in [-0.1, -0.05) is 30.3 Å². The summed E-state index contributed by atoms with van der Waals surface area (Å²) in [6.07, 6.45) is 1.05. The van der Waals surface area contributed by atoms with Crippen molar-refractivity contribution in [1.82, 2.24) is 5.32 Å². The minimum absolute atomic E-state index is 0.0600. The quantitative estimate of drug-likeness (QED) is 0.850. The largest absolute Gasteiger partial charge is 0.506 e. The fourth-order valence-electron chi connectivity index (χ4n) is 2.24. The lowest BCUT2D eigenvalue weighted by Gasteiger charge is -2.14. The van der Waals surface area contributed by atoms with Crippen LogP contribution in [-0.2, 0) is 9.53 Å². The van der Waals surface area contributed by atoms with E-state index in [-0.39, 0.29) is 23.3 Å². The topological polar surface area (TPSA) is 75.6 Å². The molecule has 0 radical (unpaired) electrons. The summed E-state index contributed by atoms with van der Waals surface area (Å²) in [5, 5.41) is 14.4. The molecule has 3 rings (SSSR count). The molecular weight excluding hydrogens is 282 g/mol. The van der Waals surface area contributed by atoms with Gasteiger partial charge in [0.15, 0.2) is 6.10 Å². The molecule has 0 spiro atoms. The maximum atomic E-state index is 12.2. The molecule has 0 bridgehead atoms. The zero-order chi connectivity index (χ0) is 15.7. The van der Waals surface area contributed by atoms with Crippen molar-refractivity contribution in [2.45, 2.75) is 31.9 Å². The van der Waals surface area contributed by atoms with Crippen LogP contribution in [0.4, 0.5) is 0 Å². The summed E-state index contributed by atoms with van der Waals surface area (Å²) >= 11 is 0. The first-order chi connectivity index (χ1) is 10.6. The Labute approximate surface area is 127 Å². The van der Waals surface area contributed by atoms with E-state index in [2.05, 4.69) is 5.32 Å². The van der Waals surface area contributed by atoms with Gasteiger partial charge in [0.2, 0.25) is 0 Å². The first kappa shape index (κ1) is 14.4. The lowest BCUT2D eigenvalue weighted by Crippen LogP contribution is -2.37. The van der Waals surface area contributed by atoms with Crippen LogP contribution < -0.4 is 5.32 Å². The van der Waals surface area contributed by atoms with Crippen molar-refractivity contribution in [3.05, 3.63) is 42.0 Å². The maximum Gasteiger partial charge on any atom is 0.342 e. The van der Waals surface area contributed by atoms with E-state index in [1.807, 2.05) is 12.1 Å². The Morgan fingerprint density at radius 1 is 1.23 bits per heavy atom. The van der Waals surface area contributed by atoms with E-state index in [1.54, 1.807) is 18.2 Å². The summed E-state index contributed by atoms with van der Waals surface area (Å²) < 4.78 is 5.15. The molecule has 5 nitrogen and oxygen atoms in total. The van der Waals surface area contributed by atoms with Gasteiger partial charge in [0, 0.05) is 11.4 Å². The molecule has 1 aliphatic carbocycles. The fraction of sp³-hybridized carbons (Fsp3) is 0.294. The van der Waals surface area contributed by atoms with Gasteiger partial charge in [-0.15, -0.1) is 0 Å². The summed E-state index contributed by atoms with van der Waals surface area (Å²) in [6.45, 7) is 1.52. The van der Waals surface area contributed by atoms with Crippen LogP contribution in [0.15, 0.2) is 36.4 Å². The van der Waals surface area contributed by atoms with Gasteiger partial charge in [0.25, 0.3) is 5.91 Å². The van der Waals surface area contributed by atoms with Gasteiger partial charge >= 0.3 is 5.97 Å². The molecule has 0 heterocycles. The number of phenolic OH excluding ortho intramolecular Hbond substituents is 1. The predicted molar refractivity (Wildman–Crippen MR) is 81.7 cm³/mol. The zero-order valence-electron chi connectivity index (χ0n) is 12.2. The average molecular weight is 299 g/mol. The number of amides is 1. The third-order valence-corrected chi connectivity index (χ3v) is 3.70. The molecule has 5 heteroatoms. The third-order valence-electron chi connectivity index (χ3n) is 3.70. The van der Waals surface area contributed by atoms with E-state index < -0.39 is 12.1 Å². The van der Waals surface area contributed by atoms with Gasteiger partial charge in [-0.2, -0.15) is 0 Å². The lowest BCUT2D eigenvalue weighted by atomic mass is 10.1. The number of benzene rings is 2. The molecule has 1 fully saturated rings. The molecule has 2 N–H and O–H groups in total. The van der Waals surface area contributed by atoms with E-state index in [4.69, 9.17) is 4.74 Å². The second kappa shape index (κ2) is 5.67. The number of phenols is 1. The van der Waals surface area contributed by atoms with Gasteiger partial charge in [-0.25, -0.2) is 4.79 Å². The van der Waals surface area contributed by atoms with Crippen molar-refractivity contribution in [3.8, 4) is 5.75 Å². The normalized spacial score (nSPS) is 15.3. The molecule has 2 aromatic carbocycles. The van der Waals surface area contributed by atoms with Crippen LogP contribution in [0.3, 0.4) is 0 Å². The number of hydrogen-bond donors (Lipinski definition) is 2. The number of aromatic hydroxyl groups is 1. The first-order valence-electron chi connectivity index (χ1n) is 7.28. The van der Waals surface area contributed by atoms with E-state index in [1.165, 1.54) is 13.0 Å². The van der Waals surface area contributed by atoms with Crippen molar-refractivity contribution in [2.24, 2.45) is 0 Å². The molecule has 1 atom stereocenters. The summed E-state index contributed by atoms with van der Waals surface area (Å²) in [5.74, 6) is -1.14. The number of rotatable bonds is 4. The van der Waals surface area contributed by atoms with Crippen LogP contribution in [0.2, 0.25) is 0 Å². The molecule has 0 aliphatic heterocycles. The average Bonchev–Trinajstić information content (AvgIpc) is 3.31. The van der Waals surface area contributed by atoms with E-state index in [9.17, 15) is 14.7 Å². The van der Waals surface area contributed by atoms with Gasteiger partial charge < -0.3 is 15.2 Å². The predicted octanol–water partition coefficient (Wildman–Crippen LogP) is 2.37. The van der Waals surface area contributed by atoms with E-state index >= 15 is 0 Å². The molecule has 114 valence electrons. The highest BCUT2D eigenvalue weighted by atomic mass is 16.5. The number of nitrogens with one attached hydrogen (secondary N) is 1. The molecule has 1 aliphatic rings. The number of esters is 1. The van der Waals surface area contributed by atoms with Crippen LogP contribution in [-0.4, -0.2) is 29.1 Å². The van der Waals surface area contributed by atoms with Crippen LogP contribution in [0, 0.1) is 0 Å². The monoisotopic (exact) mass is 299 g/mol. The summed E-state index contributed by atoms with van der Waals surface area (Å²) in [5.41, 5.74) is 0.0600. The maximum absolute atomic E-state index is 12.2. The molecule has 1 amide bonds. The van der Waals surface area contributed by atoms with Crippen LogP contribution >= 0.6 is 0 Å². The van der Waals surface area contributed by atoms with Crippen molar-refractivity contribution in [3.63, 3.8) is 0 Å². The SMILES string of the molecule is C[C@@H](OC(=O)c1ccc2ccccc2c1O)C(=O)NC1CC1. The lowest BCUT2D eigenvalue weighted by molar-refractivity contribution is -0.129. The minimum atomic E-state index is -0.890. The highest BCUT2D eigenvalue weighted by Gasteiger charge is 2.28. The van der Waals surface area contributed by atoms with Gasteiger partial charge in [0.05, 0.1) is 0 Å². The van der Waals surface area contributed by atoms with Crippen LogP contribution in [0.25, 0.3) is 10.8 Å². The molecule has 0 unspecified atom stereocenters. The molecule has 0 aromatic heterocycles. The zero-order valence-corrected chi connectivity index (χ0v) is 12.2. The number of carbonyl (C=O) groups is 2. The van der Waals surface area contributed by atoms with Gasteiger partial charge in [0.1, 0.15) is 11.3 Å². The van der Waals surface area contributed by atoms with Crippen LogP contribution in [0.1, 0.15) is 30.1 Å². The molecule has 22 heavy (non-hydrogen) atoms. The summed E-state index contributed by atoms with van der Waals surface area (Å²) in [7, 11) is 0. The van der Waals surface area contributed by atoms with E-state index in [0.717, 1.165) is 18.2 Å². The second-order valence-corrected chi connectivity index (χ2v) is 5.51. The molecule has 0 saturated heterocycles. The number of ether oxygens (including phenoxy) is 1. The standard InChI is InChI=1S/C17H17NO4/c1-10(16(20)18-12-7-8-12)22-17(21)14-9-6-11-4-2-3-5-13(11)15(14)19/h2-6,9-10,12,19H,7-8H2,1H3,(H,18,20)/t10-/m1/s1. The first-order valence-corrected chi connectivity index (χ1v) is 7.28. The Morgan fingerprint density at radius 3 is 2.68 bits per heavy atom. The Hall–Kier alpha value is -2.56. The van der Waals surface area contributed by atoms with Gasteiger partial charge in [-0.05, 0) is 31.2 Å². The van der Waals surface area contributed by atoms with E-state index in [0.29, 0.717) is 5.39 Å². The molecular formula is C17H17NO4. The Bertz CT molecular complexity index is 737. The highest BCUT2D eigenvalue weighted by Crippen LogP contribution is 2.29. The minimum Gasteiger partial charge on any atom is -0.506 e. The van der Waals surface area contributed by atoms with Crippen molar-refractivity contribution in [1.29, 1.82) is 0 Å². The second-order valence-electron chi connectivity index (χ2n) is 5.51. The fourth-order valence-corrected chi connectivity index (χ4v) is 2.24. The Balaban J connectivity index is 1.76. The molecule has 1 saturated carbocycles. The summed E-state index contributed by atoms with van der Waals surface area (Å²) in [6, 6.07) is 10.7. The Kier molecular flexibility index (Phi) is 3.71. The number of carbonyl (C=O) groups excluding carboxylic acids is 2. The summed E-state index contributed by atoms with van der Waals surface area (Å²) in [4.78, 5) is 24.0. The smallest absolute Gasteiger partial charge is 0.342 e. The highest BCUT2D eigenvalue weighted by molar-refractivity contribution is 6.01. The number of hydrogen-bond acceptors (Lipinski definition) is 4. The Morgan fingerprint density at radius 2 is 1.95 bits per heavy atom.